The average molecular weight is 360 g/mol. The van der Waals surface area contributed by atoms with Crippen LogP contribution in [0, 0.1) is 11.8 Å². The Morgan fingerprint density at radius 2 is 2.35 bits per heavy atom. The molecular formula is C18H24N4O4. The van der Waals surface area contributed by atoms with Crippen molar-refractivity contribution >= 4 is 11.8 Å². The zero-order chi connectivity index (χ0) is 18.3. The summed E-state index contributed by atoms with van der Waals surface area (Å²) < 4.78 is 13.0. The predicted molar refractivity (Wildman–Crippen MR) is 92.0 cm³/mol. The van der Waals surface area contributed by atoms with Crippen LogP contribution >= 0.6 is 0 Å². The number of carbonyl (C=O) groups excluding carboxylic acids is 2. The second-order valence-corrected chi connectivity index (χ2v) is 7.18. The Balaban J connectivity index is 1.47. The molecule has 2 fully saturated rings. The molecule has 4 atom stereocenters. The number of ether oxygens (including phenoxy) is 2. The van der Waals surface area contributed by atoms with Gasteiger partial charge < -0.3 is 19.3 Å². The normalized spacial score (nSPS) is 31.7. The quantitative estimate of drug-likeness (QED) is 0.628. The van der Waals surface area contributed by atoms with Crippen LogP contribution in [0.1, 0.15) is 0 Å². The van der Waals surface area contributed by atoms with Crippen LogP contribution in [0.3, 0.4) is 0 Å². The molecule has 1 aromatic rings. The first-order valence-corrected chi connectivity index (χ1v) is 8.93. The maximum absolute atomic E-state index is 13.1. The van der Waals surface area contributed by atoms with Gasteiger partial charge in [-0.05, 0) is 6.07 Å². The minimum atomic E-state index is -0.654. The Bertz CT molecular complexity index is 719. The zero-order valence-electron chi connectivity index (χ0n) is 15.1. The zero-order valence-corrected chi connectivity index (χ0v) is 15.1. The highest BCUT2D eigenvalue weighted by atomic mass is 16.5. The van der Waals surface area contributed by atoms with Crippen molar-refractivity contribution in [3.8, 4) is 0 Å². The van der Waals surface area contributed by atoms with Crippen LogP contribution in [0.25, 0.3) is 0 Å². The van der Waals surface area contributed by atoms with Crippen LogP contribution in [-0.2, 0) is 25.6 Å². The lowest BCUT2D eigenvalue weighted by Crippen LogP contribution is -2.45. The fourth-order valence-electron chi connectivity index (χ4n) is 4.30. The molecule has 0 unspecified atom stereocenters. The molecule has 0 saturated carbocycles. The van der Waals surface area contributed by atoms with Crippen molar-refractivity contribution in [2.24, 2.45) is 11.8 Å². The fourth-order valence-corrected chi connectivity index (χ4v) is 4.30. The van der Waals surface area contributed by atoms with Gasteiger partial charge in [0.05, 0.1) is 37.6 Å². The van der Waals surface area contributed by atoms with E-state index in [4.69, 9.17) is 9.47 Å². The first kappa shape index (κ1) is 17.2. The molecule has 8 heteroatoms. The third kappa shape index (κ3) is 2.64. The molecule has 2 amide bonds. The smallest absolute Gasteiger partial charge is 0.230 e. The Morgan fingerprint density at radius 3 is 3.08 bits per heavy atom. The predicted octanol–water partition coefficient (Wildman–Crippen LogP) is -0.230. The monoisotopic (exact) mass is 360 g/mol. The van der Waals surface area contributed by atoms with Gasteiger partial charge in [0.25, 0.3) is 0 Å². The fraction of sp³-hybridized carbons (Fsp3) is 0.611. The van der Waals surface area contributed by atoms with E-state index in [2.05, 4.69) is 5.10 Å². The molecule has 3 aliphatic heterocycles. The van der Waals surface area contributed by atoms with Crippen molar-refractivity contribution in [1.29, 1.82) is 0 Å². The van der Waals surface area contributed by atoms with Gasteiger partial charge in [0.15, 0.2) is 0 Å². The van der Waals surface area contributed by atoms with E-state index in [-0.39, 0.29) is 17.9 Å². The Labute approximate surface area is 152 Å². The van der Waals surface area contributed by atoms with E-state index in [9.17, 15) is 9.59 Å². The summed E-state index contributed by atoms with van der Waals surface area (Å²) in [4.78, 5) is 29.5. The van der Waals surface area contributed by atoms with Crippen LogP contribution < -0.4 is 0 Å². The van der Waals surface area contributed by atoms with Gasteiger partial charge in [-0.2, -0.15) is 5.10 Å². The highest BCUT2D eigenvalue weighted by molar-refractivity contribution is 5.93. The number of carbonyl (C=O) groups is 2. The van der Waals surface area contributed by atoms with Gasteiger partial charge in [-0.3, -0.25) is 14.3 Å². The first-order chi connectivity index (χ1) is 12.6. The number of methoxy groups -OCH3 is 1. The number of amides is 2. The molecule has 4 heterocycles. The summed E-state index contributed by atoms with van der Waals surface area (Å²) in [6, 6.07) is 1.85. The van der Waals surface area contributed by atoms with Crippen molar-refractivity contribution in [3.05, 3.63) is 30.6 Å². The Morgan fingerprint density at radius 1 is 1.50 bits per heavy atom. The number of likely N-dealkylation sites (tertiary alicyclic amines) is 1. The van der Waals surface area contributed by atoms with Crippen molar-refractivity contribution in [2.75, 3.05) is 40.4 Å². The molecule has 2 bridgehead atoms. The highest BCUT2D eigenvalue weighted by Gasteiger charge is 2.66. The number of rotatable bonds is 7. The van der Waals surface area contributed by atoms with Crippen molar-refractivity contribution in [3.63, 3.8) is 0 Å². The van der Waals surface area contributed by atoms with E-state index >= 15 is 0 Å². The minimum Gasteiger partial charge on any atom is -0.383 e. The summed E-state index contributed by atoms with van der Waals surface area (Å²) >= 11 is 0. The number of nitrogens with zero attached hydrogens (tertiary/aromatic N) is 4. The second-order valence-electron chi connectivity index (χ2n) is 7.18. The topological polar surface area (TPSA) is 76.9 Å². The molecule has 26 heavy (non-hydrogen) atoms. The summed E-state index contributed by atoms with van der Waals surface area (Å²) in [5.74, 6) is -0.940. The van der Waals surface area contributed by atoms with Gasteiger partial charge in [0, 0.05) is 39.6 Å². The van der Waals surface area contributed by atoms with Crippen molar-refractivity contribution in [1.82, 2.24) is 19.6 Å². The van der Waals surface area contributed by atoms with Crippen LogP contribution in [-0.4, -0.2) is 83.5 Å². The molecule has 4 rings (SSSR count). The van der Waals surface area contributed by atoms with Crippen molar-refractivity contribution < 1.29 is 19.1 Å². The Hall–Kier alpha value is -2.19. The maximum Gasteiger partial charge on any atom is 0.230 e. The number of hydrogen-bond acceptors (Lipinski definition) is 5. The summed E-state index contributed by atoms with van der Waals surface area (Å²) in [7, 11) is 3.39. The summed E-state index contributed by atoms with van der Waals surface area (Å²) in [5.41, 5.74) is -0.654. The number of likely N-dealkylation sites (N-methyl/N-ethyl adjacent to an activating group) is 1. The largest absolute Gasteiger partial charge is 0.383 e. The third-order valence-electron chi connectivity index (χ3n) is 5.63. The van der Waals surface area contributed by atoms with Gasteiger partial charge in [0.2, 0.25) is 11.8 Å². The van der Waals surface area contributed by atoms with E-state index in [1.165, 1.54) is 0 Å². The van der Waals surface area contributed by atoms with Gasteiger partial charge in [0.1, 0.15) is 5.60 Å². The first-order valence-electron chi connectivity index (χ1n) is 8.93. The lowest BCUT2D eigenvalue weighted by atomic mass is 9.76. The summed E-state index contributed by atoms with van der Waals surface area (Å²) in [5, 5.41) is 4.16. The number of hydrogen-bond donors (Lipinski definition) is 0. The highest BCUT2D eigenvalue weighted by Crippen LogP contribution is 2.52. The second kappa shape index (κ2) is 6.51. The average Bonchev–Trinajstić information content (AvgIpc) is 3.39. The van der Waals surface area contributed by atoms with Crippen LogP contribution in [0.15, 0.2) is 30.6 Å². The summed E-state index contributed by atoms with van der Waals surface area (Å²) in [6.45, 7) is 2.64. The molecule has 0 aromatic carbocycles. The van der Waals surface area contributed by atoms with Gasteiger partial charge >= 0.3 is 0 Å². The third-order valence-corrected chi connectivity index (χ3v) is 5.63. The summed E-state index contributed by atoms with van der Waals surface area (Å²) in [6.07, 6.45) is 7.18. The van der Waals surface area contributed by atoms with Gasteiger partial charge in [-0.25, -0.2) is 0 Å². The number of fused-ring (bicyclic) bond motifs is 1. The lowest BCUT2D eigenvalue weighted by Gasteiger charge is -2.27. The standard InChI is InChI=1S/C18H24N4O4/c1-20(8-9-22-7-3-6-19-22)16(23)14-13-4-5-18(26-13)12-21(10-11-25-2)17(24)15(14)18/h3-7,13-15H,8-12H2,1-2H3/t13-,14-,15+,18-/m0/s1. The van der Waals surface area contributed by atoms with Gasteiger partial charge in [-0.15, -0.1) is 0 Å². The van der Waals surface area contributed by atoms with Crippen LogP contribution in [0.2, 0.25) is 0 Å². The number of aromatic nitrogens is 2. The molecule has 0 radical (unpaired) electrons. The van der Waals surface area contributed by atoms with E-state index in [0.29, 0.717) is 32.8 Å². The molecule has 8 nitrogen and oxygen atoms in total. The SMILES string of the molecule is COCCN1C[C@]23C=C[C@H](O2)[C@H](C(=O)N(C)CCn2cccn2)[C@@H]3C1=O. The molecule has 2 saturated heterocycles. The molecule has 0 N–H and O–H groups in total. The van der Waals surface area contributed by atoms with E-state index < -0.39 is 17.4 Å². The van der Waals surface area contributed by atoms with Gasteiger partial charge in [-0.1, -0.05) is 12.2 Å². The molecule has 3 aliphatic rings. The molecule has 1 aromatic heterocycles. The molecule has 1 spiro atoms. The maximum atomic E-state index is 13.1. The molecular weight excluding hydrogens is 336 g/mol. The van der Waals surface area contributed by atoms with Crippen LogP contribution in [0.5, 0.6) is 0 Å². The van der Waals surface area contributed by atoms with E-state index in [1.807, 2.05) is 24.4 Å². The van der Waals surface area contributed by atoms with Crippen LogP contribution in [0.4, 0.5) is 0 Å². The lowest BCUT2D eigenvalue weighted by molar-refractivity contribution is -0.142. The molecule has 140 valence electrons. The minimum absolute atomic E-state index is 0.00673. The van der Waals surface area contributed by atoms with Crippen molar-refractivity contribution in [2.45, 2.75) is 18.2 Å². The van der Waals surface area contributed by atoms with E-state index in [1.54, 1.807) is 34.8 Å². The Kier molecular flexibility index (Phi) is 4.32. The van der Waals surface area contributed by atoms with E-state index in [0.717, 1.165) is 0 Å². The molecule has 0 aliphatic carbocycles.